The second-order valence-corrected chi connectivity index (χ2v) is 4.22. The molecule has 0 spiro atoms. The van der Waals surface area contributed by atoms with Gasteiger partial charge in [-0.15, -0.1) is 0 Å². The van der Waals surface area contributed by atoms with Crippen LogP contribution < -0.4 is 0 Å². The zero-order chi connectivity index (χ0) is 10.7. The zero-order valence-electron chi connectivity index (χ0n) is 7.88. The van der Waals surface area contributed by atoms with Crippen LogP contribution >= 0.6 is 15.9 Å². The molecule has 1 atom stereocenters. The number of rotatable bonds is 2. The van der Waals surface area contributed by atoms with Crippen molar-refractivity contribution in [3.63, 3.8) is 0 Å². The first-order valence-corrected chi connectivity index (χ1v) is 4.99. The van der Waals surface area contributed by atoms with Crippen LogP contribution in [0.4, 0.5) is 4.39 Å². The fourth-order valence-corrected chi connectivity index (χ4v) is 1.34. The van der Waals surface area contributed by atoms with Crippen molar-refractivity contribution in [2.24, 2.45) is 0 Å². The molecule has 0 fully saturated rings. The van der Waals surface area contributed by atoms with Gasteiger partial charge in [-0.3, -0.25) is 0 Å². The Bertz CT molecular complexity index is 350. The fourth-order valence-electron chi connectivity index (χ4n) is 1.06. The van der Waals surface area contributed by atoms with Crippen molar-refractivity contribution in [2.45, 2.75) is 11.8 Å². The smallest absolute Gasteiger partial charge is 0.340 e. The molecule has 1 unspecified atom stereocenters. The van der Waals surface area contributed by atoms with Gasteiger partial charge in [0.2, 0.25) is 0 Å². The molecular weight excluding hydrogens is 251 g/mol. The predicted molar refractivity (Wildman–Crippen MR) is 55.1 cm³/mol. The first-order valence-electron chi connectivity index (χ1n) is 4.08. The SMILES string of the molecule is COC(=O)c1cc(C(C)Br)ccc1F. The summed E-state index contributed by atoms with van der Waals surface area (Å²) in [7, 11) is 1.23. The molecular formula is C10H10BrFO2. The lowest BCUT2D eigenvalue weighted by atomic mass is 10.1. The van der Waals surface area contributed by atoms with E-state index < -0.39 is 11.8 Å². The predicted octanol–water partition coefficient (Wildman–Crippen LogP) is 3.07. The topological polar surface area (TPSA) is 26.3 Å². The number of hydrogen-bond donors (Lipinski definition) is 0. The first kappa shape index (κ1) is 11.2. The van der Waals surface area contributed by atoms with Gasteiger partial charge in [0.05, 0.1) is 12.7 Å². The van der Waals surface area contributed by atoms with Crippen LogP contribution in [0.25, 0.3) is 0 Å². The van der Waals surface area contributed by atoms with E-state index in [1.165, 1.54) is 19.2 Å². The normalized spacial score (nSPS) is 12.3. The molecule has 0 amide bonds. The van der Waals surface area contributed by atoms with Crippen molar-refractivity contribution in [1.29, 1.82) is 0 Å². The minimum absolute atomic E-state index is 0.0312. The van der Waals surface area contributed by atoms with Gasteiger partial charge in [-0.05, 0) is 24.6 Å². The van der Waals surface area contributed by atoms with Crippen molar-refractivity contribution in [3.05, 3.63) is 35.1 Å². The summed E-state index contributed by atoms with van der Waals surface area (Å²) >= 11 is 3.34. The Balaban J connectivity index is 3.15. The van der Waals surface area contributed by atoms with Crippen LogP contribution in [-0.4, -0.2) is 13.1 Å². The van der Waals surface area contributed by atoms with E-state index in [1.807, 2.05) is 6.92 Å². The summed E-state index contributed by atoms with van der Waals surface area (Å²) in [6.07, 6.45) is 0. The lowest BCUT2D eigenvalue weighted by Crippen LogP contribution is -2.05. The lowest BCUT2D eigenvalue weighted by molar-refractivity contribution is 0.0595. The Hall–Kier alpha value is -0.900. The minimum Gasteiger partial charge on any atom is -0.465 e. The summed E-state index contributed by atoms with van der Waals surface area (Å²) in [6, 6.07) is 4.38. The summed E-state index contributed by atoms with van der Waals surface area (Å²) < 4.78 is 17.6. The van der Waals surface area contributed by atoms with Gasteiger partial charge in [-0.2, -0.15) is 0 Å². The van der Waals surface area contributed by atoms with Gasteiger partial charge >= 0.3 is 5.97 Å². The highest BCUT2D eigenvalue weighted by molar-refractivity contribution is 9.09. The molecule has 1 aromatic carbocycles. The van der Waals surface area contributed by atoms with E-state index in [9.17, 15) is 9.18 Å². The summed E-state index contributed by atoms with van der Waals surface area (Å²) in [4.78, 5) is 11.2. The number of methoxy groups -OCH3 is 1. The molecule has 0 aromatic heterocycles. The van der Waals surface area contributed by atoms with Gasteiger partial charge in [-0.25, -0.2) is 9.18 Å². The van der Waals surface area contributed by atoms with Gasteiger partial charge < -0.3 is 4.74 Å². The van der Waals surface area contributed by atoms with Gasteiger partial charge in [0.15, 0.2) is 0 Å². The highest BCUT2D eigenvalue weighted by Crippen LogP contribution is 2.23. The molecule has 2 nitrogen and oxygen atoms in total. The molecule has 76 valence electrons. The largest absolute Gasteiger partial charge is 0.465 e. The molecule has 0 aliphatic carbocycles. The molecule has 0 radical (unpaired) electrons. The average molecular weight is 261 g/mol. The Morgan fingerprint density at radius 3 is 2.71 bits per heavy atom. The third-order valence-electron chi connectivity index (χ3n) is 1.86. The van der Waals surface area contributed by atoms with Crippen molar-refractivity contribution < 1.29 is 13.9 Å². The monoisotopic (exact) mass is 260 g/mol. The number of hydrogen-bond acceptors (Lipinski definition) is 2. The molecule has 14 heavy (non-hydrogen) atoms. The minimum atomic E-state index is -0.655. The number of benzene rings is 1. The fraction of sp³-hybridized carbons (Fsp3) is 0.300. The number of carbonyl (C=O) groups is 1. The summed E-state index contributed by atoms with van der Waals surface area (Å²) in [5, 5.41) is 0. The first-order chi connectivity index (χ1) is 6.56. The third kappa shape index (κ3) is 2.32. The summed E-state index contributed by atoms with van der Waals surface area (Å²) in [6.45, 7) is 1.90. The van der Waals surface area contributed by atoms with E-state index in [0.717, 1.165) is 5.56 Å². The summed E-state index contributed by atoms with van der Waals surface area (Å²) in [5.74, 6) is -1.22. The van der Waals surface area contributed by atoms with Gasteiger partial charge in [0.1, 0.15) is 5.82 Å². The quantitative estimate of drug-likeness (QED) is 0.604. The Kier molecular flexibility index (Phi) is 3.63. The van der Waals surface area contributed by atoms with E-state index in [0.29, 0.717) is 0 Å². The summed E-state index contributed by atoms with van der Waals surface area (Å²) in [5.41, 5.74) is 0.808. The molecule has 0 aliphatic heterocycles. The van der Waals surface area contributed by atoms with Crippen molar-refractivity contribution >= 4 is 21.9 Å². The van der Waals surface area contributed by atoms with Crippen LogP contribution in [0.15, 0.2) is 18.2 Å². The van der Waals surface area contributed by atoms with Crippen molar-refractivity contribution in [2.75, 3.05) is 7.11 Å². The second kappa shape index (κ2) is 4.55. The van der Waals surface area contributed by atoms with E-state index in [-0.39, 0.29) is 10.4 Å². The van der Waals surface area contributed by atoms with E-state index in [1.54, 1.807) is 6.07 Å². The van der Waals surface area contributed by atoms with Gasteiger partial charge in [-0.1, -0.05) is 22.0 Å². The number of ether oxygens (including phenoxy) is 1. The Morgan fingerprint density at radius 2 is 2.21 bits per heavy atom. The Morgan fingerprint density at radius 1 is 1.57 bits per heavy atom. The molecule has 1 rings (SSSR count). The van der Waals surface area contributed by atoms with Crippen molar-refractivity contribution in [1.82, 2.24) is 0 Å². The van der Waals surface area contributed by atoms with Crippen molar-refractivity contribution in [3.8, 4) is 0 Å². The highest BCUT2D eigenvalue weighted by Gasteiger charge is 2.13. The van der Waals surface area contributed by atoms with Gasteiger partial charge in [0.25, 0.3) is 0 Å². The standard InChI is InChI=1S/C10H10BrFO2/c1-6(11)7-3-4-9(12)8(5-7)10(13)14-2/h3-6H,1-2H3. The maximum atomic E-state index is 13.2. The molecule has 0 bridgehead atoms. The maximum absolute atomic E-state index is 13.2. The molecule has 0 heterocycles. The number of halogens is 2. The Labute approximate surface area is 90.2 Å². The molecule has 0 saturated carbocycles. The third-order valence-corrected chi connectivity index (χ3v) is 2.38. The molecule has 0 N–H and O–H groups in total. The lowest BCUT2D eigenvalue weighted by Gasteiger charge is -2.06. The van der Waals surface area contributed by atoms with Crippen LogP contribution in [0.5, 0.6) is 0 Å². The molecule has 4 heteroatoms. The number of esters is 1. The van der Waals surface area contributed by atoms with Crippen LogP contribution in [0, 0.1) is 5.82 Å². The van der Waals surface area contributed by atoms with Crippen LogP contribution in [0.2, 0.25) is 0 Å². The highest BCUT2D eigenvalue weighted by atomic mass is 79.9. The molecule has 0 saturated heterocycles. The molecule has 1 aromatic rings. The number of carbonyl (C=O) groups excluding carboxylic acids is 1. The average Bonchev–Trinajstić information content (AvgIpc) is 2.17. The van der Waals surface area contributed by atoms with Crippen LogP contribution in [0.3, 0.4) is 0 Å². The second-order valence-electron chi connectivity index (χ2n) is 2.85. The van der Waals surface area contributed by atoms with E-state index >= 15 is 0 Å². The maximum Gasteiger partial charge on any atom is 0.340 e. The van der Waals surface area contributed by atoms with E-state index in [4.69, 9.17) is 0 Å². The van der Waals surface area contributed by atoms with Crippen LogP contribution in [0.1, 0.15) is 27.7 Å². The van der Waals surface area contributed by atoms with Crippen LogP contribution in [-0.2, 0) is 4.74 Å². The zero-order valence-corrected chi connectivity index (χ0v) is 9.47. The van der Waals surface area contributed by atoms with E-state index in [2.05, 4.69) is 20.7 Å². The number of alkyl halides is 1. The molecule has 0 aliphatic rings. The van der Waals surface area contributed by atoms with Gasteiger partial charge in [0, 0.05) is 4.83 Å².